The van der Waals surface area contributed by atoms with Gasteiger partial charge >= 0.3 is 18.7 Å². The predicted octanol–water partition coefficient (Wildman–Crippen LogP) is 4.81. The molecule has 0 aliphatic carbocycles. The van der Waals surface area contributed by atoms with Crippen LogP contribution in [0.5, 0.6) is 0 Å². The molecule has 1 heterocycles. The van der Waals surface area contributed by atoms with Crippen molar-refractivity contribution in [3.63, 3.8) is 0 Å². The monoisotopic (exact) mass is 721 g/mol. The highest BCUT2D eigenvalue weighted by Crippen LogP contribution is 2.50. The van der Waals surface area contributed by atoms with E-state index in [0.29, 0.717) is 19.3 Å². The van der Waals surface area contributed by atoms with E-state index >= 15 is 0 Å². The van der Waals surface area contributed by atoms with E-state index in [1.807, 2.05) is 27.7 Å². The third kappa shape index (κ3) is 16.1. The van der Waals surface area contributed by atoms with E-state index < -0.39 is 54.2 Å². The van der Waals surface area contributed by atoms with E-state index in [1.165, 1.54) is 12.0 Å². The standard InChI is InChI=1S/C33H60N3O10PS/c1-22-15-23(45-27(40)14-13-26(38)39)18-36(22)25(37)19-44-47(48,43-12)46-24(16-34-28(41)32(8,9)20-30(2,3)4)17-35-29(42)33(10,11)21-31(5,6)7/h22-24H,13-21H2,1-12H3,(H,34,41)(H,35,42)(H,38,39)/t22-,23-,47?/m1/s1. The van der Waals surface area contributed by atoms with Crippen molar-refractivity contribution in [3.8, 4) is 0 Å². The number of carboxylic acid groups (broad SMARTS) is 1. The van der Waals surface area contributed by atoms with Crippen LogP contribution in [0.4, 0.5) is 0 Å². The summed E-state index contributed by atoms with van der Waals surface area (Å²) in [5, 5.41) is 14.7. The van der Waals surface area contributed by atoms with E-state index in [4.69, 9.17) is 35.2 Å². The molecule has 0 bridgehead atoms. The molecule has 0 spiro atoms. The van der Waals surface area contributed by atoms with Gasteiger partial charge in [-0.3, -0.25) is 28.5 Å². The quantitative estimate of drug-likeness (QED) is 0.131. The molecule has 0 saturated carbocycles. The Bertz CT molecular complexity index is 1150. The van der Waals surface area contributed by atoms with Crippen molar-refractivity contribution in [2.24, 2.45) is 21.7 Å². The molecule has 1 unspecified atom stereocenters. The number of aliphatic carboxylic acids is 1. The van der Waals surface area contributed by atoms with Crippen LogP contribution < -0.4 is 10.6 Å². The van der Waals surface area contributed by atoms with Crippen LogP contribution in [0.15, 0.2) is 0 Å². The zero-order chi connectivity index (χ0) is 37.3. The summed E-state index contributed by atoms with van der Waals surface area (Å²) in [6.07, 6.45) is -0.352. The number of hydrogen-bond donors (Lipinski definition) is 3. The van der Waals surface area contributed by atoms with Gasteiger partial charge in [0.2, 0.25) is 17.7 Å². The Morgan fingerprint density at radius 1 is 0.875 bits per heavy atom. The summed E-state index contributed by atoms with van der Waals surface area (Å²) in [5.41, 5.74) is -1.54. The number of nitrogens with one attached hydrogen (secondary N) is 2. The molecule has 15 heteroatoms. The minimum absolute atomic E-state index is 0.00350. The van der Waals surface area contributed by atoms with Gasteiger partial charge in [-0.1, -0.05) is 69.2 Å². The fraction of sp³-hybridized carbons (Fsp3) is 0.848. The van der Waals surface area contributed by atoms with Gasteiger partial charge in [-0.2, -0.15) is 0 Å². The summed E-state index contributed by atoms with van der Waals surface area (Å²) in [6.45, 7) is 17.8. The second-order valence-electron chi connectivity index (χ2n) is 16.4. The Balaban J connectivity index is 3.01. The largest absolute Gasteiger partial charge is 0.481 e. The van der Waals surface area contributed by atoms with Crippen molar-refractivity contribution in [2.45, 2.75) is 127 Å². The van der Waals surface area contributed by atoms with Crippen LogP contribution in [0.25, 0.3) is 0 Å². The van der Waals surface area contributed by atoms with E-state index in [2.05, 4.69) is 52.2 Å². The lowest BCUT2D eigenvalue weighted by atomic mass is 9.75. The molecule has 48 heavy (non-hydrogen) atoms. The molecule has 1 aliphatic heterocycles. The zero-order valence-corrected chi connectivity index (χ0v) is 32.7. The van der Waals surface area contributed by atoms with Crippen molar-refractivity contribution in [1.82, 2.24) is 15.5 Å². The first kappa shape index (κ1) is 43.9. The number of rotatable bonds is 18. The molecule has 1 fully saturated rings. The number of hydrogen-bond acceptors (Lipinski definition) is 10. The molecule has 1 rings (SSSR count). The van der Waals surface area contributed by atoms with Crippen molar-refractivity contribution in [1.29, 1.82) is 0 Å². The van der Waals surface area contributed by atoms with E-state index in [1.54, 1.807) is 6.92 Å². The maximum atomic E-state index is 13.2. The van der Waals surface area contributed by atoms with E-state index in [0.717, 1.165) is 0 Å². The Kier molecular flexibility index (Phi) is 16.2. The second kappa shape index (κ2) is 17.7. The Morgan fingerprint density at radius 3 is 1.77 bits per heavy atom. The van der Waals surface area contributed by atoms with Gasteiger partial charge in [-0.25, -0.2) is 0 Å². The maximum Gasteiger partial charge on any atom is 0.327 e. The fourth-order valence-electron chi connectivity index (χ4n) is 6.24. The maximum absolute atomic E-state index is 13.2. The van der Waals surface area contributed by atoms with Crippen LogP contribution in [0.1, 0.15) is 108 Å². The highest BCUT2D eigenvalue weighted by atomic mass is 32.5. The van der Waals surface area contributed by atoms with Crippen LogP contribution in [-0.4, -0.2) is 91.3 Å². The highest BCUT2D eigenvalue weighted by molar-refractivity contribution is 8.07. The van der Waals surface area contributed by atoms with Gasteiger partial charge in [-0.05, 0) is 42.4 Å². The summed E-state index contributed by atoms with van der Waals surface area (Å²) >= 11 is 5.61. The Morgan fingerprint density at radius 2 is 1.35 bits per heavy atom. The third-order valence-electron chi connectivity index (χ3n) is 7.70. The van der Waals surface area contributed by atoms with Crippen LogP contribution in [0.3, 0.4) is 0 Å². The summed E-state index contributed by atoms with van der Waals surface area (Å²) in [6, 6.07) is -0.272. The first-order valence-electron chi connectivity index (χ1n) is 16.4. The van der Waals surface area contributed by atoms with E-state index in [-0.39, 0.29) is 61.2 Å². The third-order valence-corrected chi connectivity index (χ3v) is 10.2. The first-order valence-corrected chi connectivity index (χ1v) is 19.0. The number of carbonyl (C=O) groups is 5. The number of amides is 3. The molecule has 0 aromatic heterocycles. The number of ether oxygens (including phenoxy) is 1. The molecule has 278 valence electrons. The van der Waals surface area contributed by atoms with Gasteiger partial charge in [0.1, 0.15) is 18.8 Å². The predicted molar refractivity (Wildman–Crippen MR) is 186 cm³/mol. The van der Waals surface area contributed by atoms with Crippen molar-refractivity contribution in [3.05, 3.63) is 0 Å². The SMILES string of the molecule is COP(=S)(OCC(=O)N1C[C@H](OC(=O)CCC(=O)O)C[C@H]1C)OC(CNC(=O)C(C)(C)CC(C)(C)C)CNC(=O)C(C)(C)CC(C)(C)C. The average Bonchev–Trinajstić information content (AvgIpc) is 3.28. The van der Waals surface area contributed by atoms with E-state index in [9.17, 15) is 24.0 Å². The summed E-state index contributed by atoms with van der Waals surface area (Å²) in [4.78, 5) is 63.9. The Hall–Kier alpha value is -2.12. The second-order valence-corrected chi connectivity index (χ2v) is 19.5. The summed E-state index contributed by atoms with van der Waals surface area (Å²) in [5.74, 6) is -2.54. The molecule has 0 radical (unpaired) electrons. The Labute approximate surface area is 292 Å². The number of nitrogens with zero attached hydrogens (tertiary/aromatic N) is 1. The average molecular weight is 722 g/mol. The van der Waals surface area contributed by atoms with Gasteiger partial charge in [-0.15, -0.1) is 0 Å². The van der Waals surface area contributed by atoms with Gasteiger partial charge in [0, 0.05) is 43.5 Å². The molecule has 0 aromatic rings. The van der Waals surface area contributed by atoms with Crippen LogP contribution in [0, 0.1) is 21.7 Å². The number of carboxylic acids is 1. The molecular weight excluding hydrogens is 661 g/mol. The van der Waals surface area contributed by atoms with Crippen LogP contribution in [0.2, 0.25) is 0 Å². The first-order chi connectivity index (χ1) is 21.7. The fourth-order valence-corrected chi connectivity index (χ4v) is 7.80. The molecule has 3 amide bonds. The highest BCUT2D eigenvalue weighted by Gasteiger charge is 2.38. The number of likely N-dealkylation sites (tertiary alicyclic amines) is 1. The lowest BCUT2D eigenvalue weighted by molar-refractivity contribution is -0.152. The molecule has 1 aliphatic rings. The number of carbonyl (C=O) groups excluding carboxylic acids is 4. The lowest BCUT2D eigenvalue weighted by Gasteiger charge is -2.33. The summed E-state index contributed by atoms with van der Waals surface area (Å²) < 4.78 is 22.8. The normalized spacial score (nSPS) is 18.7. The minimum atomic E-state index is -3.55. The molecule has 13 nitrogen and oxygen atoms in total. The zero-order valence-electron chi connectivity index (χ0n) is 31.0. The molecule has 3 atom stereocenters. The molecule has 0 aromatic carbocycles. The van der Waals surface area contributed by atoms with Crippen molar-refractivity contribution < 1.29 is 47.4 Å². The summed E-state index contributed by atoms with van der Waals surface area (Å²) in [7, 11) is 1.31. The van der Waals surface area contributed by atoms with Gasteiger partial charge in [0.25, 0.3) is 0 Å². The van der Waals surface area contributed by atoms with Crippen molar-refractivity contribution in [2.75, 3.05) is 33.4 Å². The smallest absolute Gasteiger partial charge is 0.327 e. The van der Waals surface area contributed by atoms with Crippen molar-refractivity contribution >= 4 is 48.2 Å². The molecule has 1 saturated heterocycles. The number of esters is 1. The van der Waals surface area contributed by atoms with Gasteiger partial charge in [0.15, 0.2) is 0 Å². The van der Waals surface area contributed by atoms with Crippen LogP contribution in [-0.2, 0) is 54.1 Å². The van der Waals surface area contributed by atoms with Gasteiger partial charge < -0.3 is 34.4 Å². The molecule has 3 N–H and O–H groups in total. The van der Waals surface area contributed by atoms with Gasteiger partial charge in [0.05, 0.1) is 19.4 Å². The lowest BCUT2D eigenvalue weighted by Crippen LogP contribution is -2.48. The van der Waals surface area contributed by atoms with Crippen LogP contribution >= 0.6 is 6.72 Å². The molecular formula is C33H60N3O10PS. The topological polar surface area (TPSA) is 170 Å². The minimum Gasteiger partial charge on any atom is -0.481 e.